The summed E-state index contributed by atoms with van der Waals surface area (Å²) in [6, 6.07) is 8.80. The predicted octanol–water partition coefficient (Wildman–Crippen LogP) is 1.59. The number of sulfonamides is 2. The Hall–Kier alpha value is -2.60. The zero-order chi connectivity index (χ0) is 21.7. The van der Waals surface area contributed by atoms with Crippen LogP contribution in [0.25, 0.3) is 0 Å². The van der Waals surface area contributed by atoms with Crippen LogP contribution in [0.3, 0.4) is 0 Å². The quantitative estimate of drug-likeness (QED) is 0.510. The Balaban J connectivity index is 2.16. The molecule has 0 aromatic heterocycles. The van der Waals surface area contributed by atoms with E-state index in [1.165, 1.54) is 37.4 Å². The number of hydrogen-bond donors (Lipinski definition) is 3. The largest absolute Gasteiger partial charge is 0.322 e. The highest BCUT2D eigenvalue weighted by Gasteiger charge is 2.18. The van der Waals surface area contributed by atoms with Crippen LogP contribution in [0.1, 0.15) is 15.9 Å². The molecule has 0 radical (unpaired) electrons. The maximum atomic E-state index is 14.0. The SMILES string of the molecule is C=CCNS(=O)(=O)Cc1ccc(NC(=O)c2cc(S(=O)(=O)NC)ccc2F)cc1. The Morgan fingerprint density at radius 2 is 1.76 bits per heavy atom. The van der Waals surface area contributed by atoms with Gasteiger partial charge >= 0.3 is 0 Å². The molecule has 0 bridgehead atoms. The molecule has 0 heterocycles. The van der Waals surface area contributed by atoms with Crippen LogP contribution in [0.4, 0.5) is 10.1 Å². The van der Waals surface area contributed by atoms with Crippen molar-refractivity contribution in [2.75, 3.05) is 18.9 Å². The van der Waals surface area contributed by atoms with E-state index in [0.29, 0.717) is 5.56 Å². The fourth-order valence-corrected chi connectivity index (χ4v) is 4.16. The van der Waals surface area contributed by atoms with Gasteiger partial charge in [0.15, 0.2) is 0 Å². The molecule has 0 fully saturated rings. The summed E-state index contributed by atoms with van der Waals surface area (Å²) in [5, 5.41) is 2.45. The molecule has 0 aliphatic rings. The Kier molecular flexibility index (Phi) is 7.25. The molecular formula is C18H20FN3O5S2. The zero-order valence-electron chi connectivity index (χ0n) is 15.5. The van der Waals surface area contributed by atoms with Crippen molar-refractivity contribution in [3.05, 3.63) is 72.1 Å². The summed E-state index contributed by atoms with van der Waals surface area (Å²) in [5.41, 5.74) is 0.325. The third kappa shape index (κ3) is 6.19. The Bertz CT molecular complexity index is 1110. The lowest BCUT2D eigenvalue weighted by atomic mass is 10.2. The smallest absolute Gasteiger partial charge is 0.258 e. The number of carbonyl (C=O) groups is 1. The van der Waals surface area contributed by atoms with E-state index in [0.717, 1.165) is 18.2 Å². The monoisotopic (exact) mass is 441 g/mol. The second-order valence-corrected chi connectivity index (χ2v) is 9.59. The molecule has 0 saturated carbocycles. The standard InChI is InChI=1S/C18H20FN3O5S2/c1-3-10-21-28(24,25)12-13-4-6-14(7-5-13)22-18(23)16-11-15(8-9-17(16)19)29(26,27)20-2/h3-9,11,20-21H,1,10,12H2,2H3,(H,22,23). The second-order valence-electron chi connectivity index (χ2n) is 5.90. The summed E-state index contributed by atoms with van der Waals surface area (Å²) in [6.07, 6.45) is 1.42. The summed E-state index contributed by atoms with van der Waals surface area (Å²) in [4.78, 5) is 12.1. The molecule has 0 aliphatic heterocycles. The first-order valence-corrected chi connectivity index (χ1v) is 11.4. The summed E-state index contributed by atoms with van der Waals surface area (Å²) in [5.74, 6) is -1.98. The molecular weight excluding hydrogens is 421 g/mol. The van der Waals surface area contributed by atoms with E-state index in [9.17, 15) is 26.0 Å². The Morgan fingerprint density at radius 1 is 1.10 bits per heavy atom. The normalized spacial score (nSPS) is 11.8. The minimum atomic E-state index is -3.84. The van der Waals surface area contributed by atoms with Crippen molar-refractivity contribution in [2.24, 2.45) is 0 Å². The fourth-order valence-electron chi connectivity index (χ4n) is 2.30. The number of rotatable bonds is 9. The lowest BCUT2D eigenvalue weighted by molar-refractivity contribution is 0.102. The number of nitrogens with one attached hydrogen (secondary N) is 3. The van der Waals surface area contributed by atoms with Crippen LogP contribution in [0.15, 0.2) is 60.0 Å². The molecule has 2 aromatic carbocycles. The van der Waals surface area contributed by atoms with Gasteiger partial charge in [-0.05, 0) is 42.9 Å². The van der Waals surface area contributed by atoms with Crippen LogP contribution in [0.2, 0.25) is 0 Å². The molecule has 11 heteroatoms. The van der Waals surface area contributed by atoms with Gasteiger partial charge in [0, 0.05) is 12.2 Å². The third-order valence-electron chi connectivity index (χ3n) is 3.78. The first kappa shape index (κ1) is 22.7. The lowest BCUT2D eigenvalue weighted by Crippen LogP contribution is -2.25. The minimum Gasteiger partial charge on any atom is -0.322 e. The second kappa shape index (κ2) is 9.27. The fraction of sp³-hybridized carbons (Fsp3) is 0.167. The summed E-state index contributed by atoms with van der Waals surface area (Å²) in [6.45, 7) is 3.55. The number of benzene rings is 2. The molecule has 0 unspecified atom stereocenters. The molecule has 0 spiro atoms. The highest BCUT2D eigenvalue weighted by atomic mass is 32.2. The van der Waals surface area contributed by atoms with Gasteiger partial charge in [0.25, 0.3) is 5.91 Å². The highest BCUT2D eigenvalue weighted by molar-refractivity contribution is 7.89. The molecule has 0 saturated heterocycles. The van der Waals surface area contributed by atoms with Gasteiger partial charge in [-0.3, -0.25) is 4.79 Å². The minimum absolute atomic E-state index is 0.115. The van der Waals surface area contributed by atoms with E-state index in [-0.39, 0.29) is 22.9 Å². The van der Waals surface area contributed by atoms with Crippen LogP contribution in [-0.2, 0) is 25.8 Å². The number of anilines is 1. The molecule has 8 nitrogen and oxygen atoms in total. The van der Waals surface area contributed by atoms with Gasteiger partial charge in [-0.2, -0.15) is 0 Å². The van der Waals surface area contributed by atoms with Crippen molar-refractivity contribution in [1.29, 1.82) is 0 Å². The maximum absolute atomic E-state index is 14.0. The van der Waals surface area contributed by atoms with E-state index in [4.69, 9.17) is 0 Å². The average molecular weight is 442 g/mol. The van der Waals surface area contributed by atoms with Gasteiger partial charge in [0.2, 0.25) is 20.0 Å². The topological polar surface area (TPSA) is 121 Å². The highest BCUT2D eigenvalue weighted by Crippen LogP contribution is 2.18. The van der Waals surface area contributed by atoms with Crippen LogP contribution in [0, 0.1) is 5.82 Å². The van der Waals surface area contributed by atoms with E-state index < -0.39 is 37.3 Å². The first-order valence-electron chi connectivity index (χ1n) is 8.29. The van der Waals surface area contributed by atoms with Crippen molar-refractivity contribution < 1.29 is 26.0 Å². The molecule has 3 N–H and O–H groups in total. The van der Waals surface area contributed by atoms with Gasteiger partial charge < -0.3 is 5.32 Å². The number of carbonyl (C=O) groups excluding carboxylic acids is 1. The van der Waals surface area contributed by atoms with Gasteiger partial charge in [-0.15, -0.1) is 6.58 Å². The van der Waals surface area contributed by atoms with E-state index in [2.05, 4.69) is 21.3 Å². The van der Waals surface area contributed by atoms with Gasteiger partial charge in [0.1, 0.15) is 5.82 Å². The zero-order valence-corrected chi connectivity index (χ0v) is 17.1. The van der Waals surface area contributed by atoms with Gasteiger partial charge in [-0.1, -0.05) is 18.2 Å². The van der Waals surface area contributed by atoms with Crippen molar-refractivity contribution in [1.82, 2.24) is 9.44 Å². The number of halogens is 1. The van der Waals surface area contributed by atoms with Crippen molar-refractivity contribution >= 4 is 31.6 Å². The molecule has 1 amide bonds. The molecule has 2 aromatic rings. The summed E-state index contributed by atoms with van der Waals surface area (Å²) >= 11 is 0. The average Bonchev–Trinajstić information content (AvgIpc) is 2.68. The molecule has 2 rings (SSSR count). The molecule has 0 aliphatic carbocycles. The molecule has 29 heavy (non-hydrogen) atoms. The van der Waals surface area contributed by atoms with Crippen LogP contribution in [0.5, 0.6) is 0 Å². The number of amides is 1. The van der Waals surface area contributed by atoms with Crippen LogP contribution in [-0.4, -0.2) is 36.3 Å². The van der Waals surface area contributed by atoms with Crippen molar-refractivity contribution in [3.63, 3.8) is 0 Å². The Labute approximate surface area is 168 Å². The van der Waals surface area contributed by atoms with E-state index in [1.807, 2.05) is 0 Å². The lowest BCUT2D eigenvalue weighted by Gasteiger charge is -2.10. The van der Waals surface area contributed by atoms with E-state index >= 15 is 0 Å². The summed E-state index contributed by atoms with van der Waals surface area (Å²) < 4.78 is 65.8. The van der Waals surface area contributed by atoms with Gasteiger partial charge in [0.05, 0.1) is 16.2 Å². The maximum Gasteiger partial charge on any atom is 0.258 e. The summed E-state index contributed by atoms with van der Waals surface area (Å²) in [7, 11) is -6.16. The predicted molar refractivity (Wildman–Crippen MR) is 108 cm³/mol. The molecule has 156 valence electrons. The van der Waals surface area contributed by atoms with Crippen molar-refractivity contribution in [3.8, 4) is 0 Å². The van der Waals surface area contributed by atoms with Gasteiger partial charge in [-0.25, -0.2) is 30.7 Å². The van der Waals surface area contributed by atoms with Crippen LogP contribution >= 0.6 is 0 Å². The molecule has 0 atom stereocenters. The Morgan fingerprint density at radius 3 is 2.34 bits per heavy atom. The first-order chi connectivity index (χ1) is 13.6. The third-order valence-corrected chi connectivity index (χ3v) is 6.51. The van der Waals surface area contributed by atoms with E-state index in [1.54, 1.807) is 0 Å². The van der Waals surface area contributed by atoms with Crippen LogP contribution < -0.4 is 14.8 Å². The van der Waals surface area contributed by atoms with Crippen molar-refractivity contribution in [2.45, 2.75) is 10.6 Å². The number of hydrogen-bond acceptors (Lipinski definition) is 5.